The van der Waals surface area contributed by atoms with E-state index in [0.717, 1.165) is 35.1 Å². The summed E-state index contributed by atoms with van der Waals surface area (Å²) in [6, 6.07) is 14.0. The maximum atomic E-state index is 12.5. The molecule has 3 rings (SSSR count). The van der Waals surface area contributed by atoms with Crippen molar-refractivity contribution in [2.24, 2.45) is 17.3 Å². The molecule has 10 heteroatoms. The van der Waals surface area contributed by atoms with Crippen LogP contribution >= 0.6 is 11.8 Å². The van der Waals surface area contributed by atoms with Gasteiger partial charge in [-0.25, -0.2) is 5.84 Å². The van der Waals surface area contributed by atoms with Crippen LogP contribution in [-0.2, 0) is 16.1 Å². The zero-order chi connectivity index (χ0) is 24.7. The van der Waals surface area contributed by atoms with Gasteiger partial charge in [-0.1, -0.05) is 36.0 Å². The van der Waals surface area contributed by atoms with Crippen LogP contribution in [0.4, 0.5) is 0 Å². The number of benzene rings is 2. The average molecular weight is 484 g/mol. The molecule has 0 spiro atoms. The van der Waals surface area contributed by atoms with E-state index in [1.807, 2.05) is 12.1 Å². The number of para-hydroxylation sites is 1. The predicted octanol–water partition coefficient (Wildman–Crippen LogP) is 2.02. The van der Waals surface area contributed by atoms with E-state index in [9.17, 15) is 14.4 Å². The number of ether oxygens (including phenoxy) is 1. The van der Waals surface area contributed by atoms with E-state index in [1.165, 1.54) is 12.1 Å². The number of hydrazine groups is 1. The van der Waals surface area contributed by atoms with Crippen LogP contribution in [0.2, 0.25) is 0 Å². The fourth-order valence-electron chi connectivity index (χ4n) is 3.68. The van der Waals surface area contributed by atoms with Crippen LogP contribution in [0, 0.1) is 0 Å². The van der Waals surface area contributed by atoms with Gasteiger partial charge >= 0.3 is 0 Å². The fourth-order valence-corrected chi connectivity index (χ4v) is 4.50. The third-order valence-electron chi connectivity index (χ3n) is 5.53. The number of nitrogens with zero attached hydrogens (tertiary/aromatic N) is 1. The first-order valence-corrected chi connectivity index (χ1v) is 11.6. The van der Waals surface area contributed by atoms with Gasteiger partial charge < -0.3 is 21.5 Å². The third-order valence-corrected chi connectivity index (χ3v) is 6.65. The van der Waals surface area contributed by atoms with Crippen LogP contribution in [0.3, 0.4) is 0 Å². The summed E-state index contributed by atoms with van der Waals surface area (Å²) in [5.74, 6) is 5.87. The van der Waals surface area contributed by atoms with Crippen LogP contribution < -0.4 is 27.4 Å². The molecule has 1 aliphatic rings. The molecule has 1 atom stereocenters. The highest BCUT2D eigenvalue weighted by Crippen LogP contribution is 2.30. The SMILES string of the molecule is COc1ccccc1C(=O)NCc1ccc(S/C(C(N)=O)=C(/N)N(N)C2CCCC(=O)C2)cc1. The predicted molar refractivity (Wildman–Crippen MR) is 130 cm³/mol. The number of Topliss-reactive ketones (excluding diaryl/α,β-unsaturated/α-hetero) is 1. The lowest BCUT2D eigenvalue weighted by Crippen LogP contribution is -2.46. The van der Waals surface area contributed by atoms with Crippen LogP contribution in [0.15, 0.2) is 64.2 Å². The Kier molecular flexibility index (Phi) is 8.55. The fraction of sp³-hybridized carbons (Fsp3) is 0.292. The van der Waals surface area contributed by atoms with Crippen molar-refractivity contribution in [1.29, 1.82) is 0 Å². The molecule has 2 aromatic rings. The number of hydrogen-bond acceptors (Lipinski definition) is 8. The minimum Gasteiger partial charge on any atom is -0.496 e. The first kappa shape index (κ1) is 25.1. The maximum absolute atomic E-state index is 12.5. The Morgan fingerprint density at radius 1 is 1.15 bits per heavy atom. The number of rotatable bonds is 9. The number of carbonyl (C=O) groups is 3. The van der Waals surface area contributed by atoms with E-state index in [1.54, 1.807) is 36.4 Å². The van der Waals surface area contributed by atoms with Gasteiger partial charge in [-0.3, -0.25) is 19.4 Å². The second-order valence-electron chi connectivity index (χ2n) is 7.90. The first-order valence-electron chi connectivity index (χ1n) is 10.8. The Labute approximate surface area is 202 Å². The molecule has 34 heavy (non-hydrogen) atoms. The van der Waals surface area contributed by atoms with Gasteiger partial charge in [0.15, 0.2) is 0 Å². The Bertz CT molecular complexity index is 1090. The number of nitrogens with two attached hydrogens (primary N) is 3. The van der Waals surface area contributed by atoms with Crippen LogP contribution in [0.5, 0.6) is 5.75 Å². The summed E-state index contributed by atoms with van der Waals surface area (Å²) < 4.78 is 5.23. The van der Waals surface area contributed by atoms with Crippen LogP contribution in [0.25, 0.3) is 0 Å². The molecule has 0 radical (unpaired) electrons. The molecular weight excluding hydrogens is 454 g/mol. The number of methoxy groups -OCH3 is 1. The van der Waals surface area contributed by atoms with Crippen molar-refractivity contribution in [3.8, 4) is 5.75 Å². The summed E-state index contributed by atoms with van der Waals surface area (Å²) in [7, 11) is 1.52. The number of hydrogen-bond donors (Lipinski definition) is 4. The molecular formula is C24H29N5O4S. The number of nitrogens with one attached hydrogen (secondary N) is 1. The smallest absolute Gasteiger partial charge is 0.259 e. The largest absolute Gasteiger partial charge is 0.496 e. The van der Waals surface area contributed by atoms with Gasteiger partial charge in [0, 0.05) is 24.3 Å². The topological polar surface area (TPSA) is 154 Å². The Morgan fingerprint density at radius 3 is 2.50 bits per heavy atom. The monoisotopic (exact) mass is 483 g/mol. The summed E-state index contributed by atoms with van der Waals surface area (Å²) in [5, 5.41) is 4.15. The van der Waals surface area contributed by atoms with Crippen molar-refractivity contribution in [3.63, 3.8) is 0 Å². The zero-order valence-corrected chi connectivity index (χ0v) is 19.8. The van der Waals surface area contributed by atoms with E-state index in [4.69, 9.17) is 22.0 Å². The van der Waals surface area contributed by atoms with Crippen LogP contribution in [-0.4, -0.2) is 35.8 Å². The molecule has 0 heterocycles. The lowest BCUT2D eigenvalue weighted by atomic mass is 9.94. The van der Waals surface area contributed by atoms with Crippen molar-refractivity contribution in [2.75, 3.05) is 7.11 Å². The van der Waals surface area contributed by atoms with Crippen molar-refractivity contribution < 1.29 is 19.1 Å². The van der Waals surface area contributed by atoms with Gasteiger partial charge in [0.25, 0.3) is 11.8 Å². The quantitative estimate of drug-likeness (QED) is 0.183. The van der Waals surface area contributed by atoms with Gasteiger partial charge in [-0.15, -0.1) is 0 Å². The second kappa shape index (κ2) is 11.6. The molecule has 7 N–H and O–H groups in total. The highest BCUT2D eigenvalue weighted by Gasteiger charge is 2.27. The maximum Gasteiger partial charge on any atom is 0.259 e. The summed E-state index contributed by atoms with van der Waals surface area (Å²) in [4.78, 5) is 37.2. The molecule has 1 saturated carbocycles. The number of ketones is 1. The van der Waals surface area contributed by atoms with Gasteiger partial charge in [0.05, 0.1) is 18.7 Å². The summed E-state index contributed by atoms with van der Waals surface area (Å²) in [6.45, 7) is 0.314. The molecule has 2 aromatic carbocycles. The Hall–Kier alpha value is -3.50. The van der Waals surface area contributed by atoms with E-state index >= 15 is 0 Å². The zero-order valence-electron chi connectivity index (χ0n) is 19.0. The summed E-state index contributed by atoms with van der Waals surface area (Å²) in [6.07, 6.45) is 2.29. The summed E-state index contributed by atoms with van der Waals surface area (Å²) >= 11 is 1.10. The average Bonchev–Trinajstić information content (AvgIpc) is 2.85. The second-order valence-corrected chi connectivity index (χ2v) is 8.99. The molecule has 0 bridgehead atoms. The molecule has 180 valence electrons. The highest BCUT2D eigenvalue weighted by atomic mass is 32.2. The third kappa shape index (κ3) is 6.30. The van der Waals surface area contributed by atoms with Gasteiger partial charge in [-0.05, 0) is 42.7 Å². The molecule has 0 saturated heterocycles. The van der Waals surface area contributed by atoms with Crippen molar-refractivity contribution in [2.45, 2.75) is 43.2 Å². The van der Waals surface area contributed by atoms with E-state index in [0.29, 0.717) is 30.7 Å². The molecule has 2 amide bonds. The van der Waals surface area contributed by atoms with Gasteiger partial charge in [0.2, 0.25) is 0 Å². The first-order chi connectivity index (χ1) is 16.3. The minimum atomic E-state index is -0.701. The summed E-state index contributed by atoms with van der Waals surface area (Å²) in [5.41, 5.74) is 13.1. The lowest BCUT2D eigenvalue weighted by molar-refractivity contribution is -0.121. The number of carbonyl (C=O) groups excluding carboxylic acids is 3. The molecule has 1 fully saturated rings. The minimum absolute atomic E-state index is 0.0466. The standard InChI is InChI=1S/C24H29N5O4S/c1-33-20-8-3-2-7-19(20)24(32)28-14-15-9-11-18(12-10-15)34-21(23(26)31)22(25)29(27)16-5-4-6-17(30)13-16/h2-3,7-12,16H,4-6,13-14,25,27H2,1H3,(H2,26,31)(H,28,32)/b22-21-. The number of thioether (sulfide) groups is 1. The Balaban J connectivity index is 1.65. The molecule has 0 aromatic heterocycles. The molecule has 0 aliphatic heterocycles. The van der Waals surface area contributed by atoms with Gasteiger partial charge in [0.1, 0.15) is 22.3 Å². The van der Waals surface area contributed by atoms with Crippen molar-refractivity contribution in [3.05, 3.63) is 70.4 Å². The Morgan fingerprint density at radius 2 is 1.85 bits per heavy atom. The van der Waals surface area contributed by atoms with Crippen LogP contribution in [0.1, 0.15) is 41.6 Å². The highest BCUT2D eigenvalue weighted by molar-refractivity contribution is 8.04. The molecule has 1 aliphatic carbocycles. The van der Waals surface area contributed by atoms with Crippen molar-refractivity contribution >= 4 is 29.4 Å². The molecule has 9 nitrogen and oxygen atoms in total. The lowest BCUT2D eigenvalue weighted by Gasteiger charge is -2.32. The van der Waals surface area contributed by atoms with E-state index in [2.05, 4.69) is 5.32 Å². The molecule has 1 unspecified atom stereocenters. The van der Waals surface area contributed by atoms with Gasteiger partial charge in [-0.2, -0.15) is 0 Å². The van der Waals surface area contributed by atoms with E-state index < -0.39 is 5.91 Å². The number of amides is 2. The van der Waals surface area contributed by atoms with Crippen molar-refractivity contribution in [1.82, 2.24) is 10.3 Å². The number of primary amides is 1. The van der Waals surface area contributed by atoms with E-state index in [-0.39, 0.29) is 28.5 Å². The normalized spacial score (nSPS) is 16.4.